The minimum Gasteiger partial charge on any atom is -0.744 e. The van der Waals surface area contributed by atoms with Crippen LogP contribution in [0.1, 0.15) is 0 Å². The smallest absolute Gasteiger partial charge is 0.744 e. The number of ether oxygens (including phenoxy) is 1. The molecular weight excluding hydrogens is 369 g/mol. The standard InChI is InChI=1S/C13H15NO7S2.Na/c1-14(2)11-6-9(22(15,16)17)4-8-5-10(23(18,19)20)7-12(21-3)13(8)11;/h4-7H,1-3H3,(H,15,16,17)(H,18,19,20);/q;+1/p-1. The number of anilines is 1. The molecule has 0 bridgehead atoms. The minimum atomic E-state index is -4.75. The Hall–Kier alpha value is -0.880. The van der Waals surface area contributed by atoms with Gasteiger partial charge in [-0.15, -0.1) is 0 Å². The summed E-state index contributed by atoms with van der Waals surface area (Å²) in [5.74, 6) is 0.119. The van der Waals surface area contributed by atoms with Gasteiger partial charge in [0.1, 0.15) is 15.9 Å². The molecule has 0 spiro atoms. The van der Waals surface area contributed by atoms with Crippen LogP contribution in [0.4, 0.5) is 5.69 Å². The first kappa shape index (κ1) is 21.2. The number of hydrogen-bond donors (Lipinski definition) is 1. The van der Waals surface area contributed by atoms with Gasteiger partial charge in [0.2, 0.25) is 0 Å². The molecule has 11 heteroatoms. The monoisotopic (exact) mass is 383 g/mol. The SMILES string of the molecule is COc1cc(S(=O)(=O)O)cc2cc(S(=O)(=O)[O-])cc(N(C)C)c12.[Na+]. The number of nitrogens with zero attached hydrogens (tertiary/aromatic N) is 1. The molecule has 2 aromatic rings. The normalized spacial score (nSPS) is 11.9. The minimum absolute atomic E-state index is 0. The Balaban J connectivity index is 0.00000288. The van der Waals surface area contributed by atoms with E-state index in [1.807, 2.05) is 0 Å². The molecule has 0 saturated heterocycles. The topological polar surface area (TPSA) is 124 Å². The molecule has 8 nitrogen and oxygen atoms in total. The Morgan fingerprint density at radius 3 is 2.00 bits per heavy atom. The number of fused-ring (bicyclic) bond motifs is 1. The van der Waals surface area contributed by atoms with E-state index in [2.05, 4.69) is 0 Å². The Morgan fingerprint density at radius 1 is 1.04 bits per heavy atom. The molecule has 0 fully saturated rings. The van der Waals surface area contributed by atoms with Gasteiger partial charge >= 0.3 is 29.6 Å². The van der Waals surface area contributed by atoms with Crippen molar-refractivity contribution in [3.63, 3.8) is 0 Å². The molecular formula is C13H14NNaO7S2. The summed E-state index contributed by atoms with van der Waals surface area (Å²) >= 11 is 0. The van der Waals surface area contributed by atoms with Crippen molar-refractivity contribution in [3.8, 4) is 5.75 Å². The van der Waals surface area contributed by atoms with Gasteiger partial charge in [0, 0.05) is 31.2 Å². The predicted octanol–water partition coefficient (Wildman–Crippen LogP) is -1.93. The summed E-state index contributed by atoms with van der Waals surface area (Å²) in [6, 6.07) is 4.42. The molecule has 0 atom stereocenters. The summed E-state index contributed by atoms with van der Waals surface area (Å²) in [5.41, 5.74) is 0.357. The van der Waals surface area contributed by atoms with Crippen LogP contribution in [-0.4, -0.2) is 47.1 Å². The average molecular weight is 383 g/mol. The maximum atomic E-state index is 11.4. The van der Waals surface area contributed by atoms with Crippen LogP contribution >= 0.6 is 0 Å². The van der Waals surface area contributed by atoms with Gasteiger partial charge in [-0.25, -0.2) is 8.42 Å². The zero-order chi connectivity index (χ0) is 17.6. The van der Waals surface area contributed by atoms with Crippen molar-refractivity contribution in [1.82, 2.24) is 0 Å². The van der Waals surface area contributed by atoms with E-state index in [9.17, 15) is 25.9 Å². The second-order valence-corrected chi connectivity index (χ2v) is 7.79. The third-order valence-corrected chi connectivity index (χ3v) is 4.87. The number of benzene rings is 2. The van der Waals surface area contributed by atoms with Crippen LogP contribution in [-0.2, 0) is 20.2 Å². The molecule has 0 saturated carbocycles. The van der Waals surface area contributed by atoms with E-state index in [1.165, 1.54) is 13.2 Å². The first-order valence-corrected chi connectivity index (χ1v) is 9.06. The summed E-state index contributed by atoms with van der Waals surface area (Å²) in [5, 5.41) is 0.551. The van der Waals surface area contributed by atoms with Crippen molar-refractivity contribution in [2.75, 3.05) is 26.1 Å². The maximum Gasteiger partial charge on any atom is 1.00 e. The molecule has 0 aromatic heterocycles. The molecule has 0 radical (unpaired) electrons. The van der Waals surface area contributed by atoms with Gasteiger partial charge in [-0.1, -0.05) is 0 Å². The van der Waals surface area contributed by atoms with Gasteiger partial charge in [0.05, 0.1) is 16.9 Å². The Kier molecular flexibility index (Phi) is 6.31. The van der Waals surface area contributed by atoms with Crippen molar-refractivity contribution in [1.29, 1.82) is 0 Å². The fraction of sp³-hybridized carbons (Fsp3) is 0.231. The number of hydrogen-bond acceptors (Lipinski definition) is 7. The van der Waals surface area contributed by atoms with Crippen LogP contribution in [0.25, 0.3) is 10.8 Å². The van der Waals surface area contributed by atoms with Crippen molar-refractivity contribution in [2.24, 2.45) is 0 Å². The molecule has 2 aromatic carbocycles. The molecule has 0 unspecified atom stereocenters. The third kappa shape index (κ3) is 4.20. The van der Waals surface area contributed by atoms with E-state index < -0.39 is 30.0 Å². The Bertz CT molecular complexity index is 980. The summed E-state index contributed by atoms with van der Waals surface area (Å²) in [6.07, 6.45) is 0. The van der Waals surface area contributed by atoms with Gasteiger partial charge in [-0.2, -0.15) is 8.42 Å². The second-order valence-electron chi connectivity index (χ2n) is 4.99. The fourth-order valence-corrected chi connectivity index (χ4v) is 3.27. The summed E-state index contributed by atoms with van der Waals surface area (Å²) in [6.45, 7) is 0. The Morgan fingerprint density at radius 2 is 1.58 bits per heavy atom. The number of methoxy groups -OCH3 is 1. The largest absolute Gasteiger partial charge is 1.00 e. The van der Waals surface area contributed by atoms with E-state index in [-0.39, 0.29) is 40.7 Å². The van der Waals surface area contributed by atoms with Gasteiger partial charge in [0.25, 0.3) is 10.1 Å². The van der Waals surface area contributed by atoms with E-state index >= 15 is 0 Å². The molecule has 0 aliphatic heterocycles. The molecule has 126 valence electrons. The zero-order valence-electron chi connectivity index (χ0n) is 13.5. The fourth-order valence-electron chi connectivity index (χ4n) is 2.21. The van der Waals surface area contributed by atoms with E-state index in [0.717, 1.165) is 18.2 Å². The van der Waals surface area contributed by atoms with Crippen molar-refractivity contribution in [2.45, 2.75) is 9.79 Å². The number of rotatable bonds is 4. The van der Waals surface area contributed by atoms with Crippen LogP contribution in [0, 0.1) is 0 Å². The molecule has 24 heavy (non-hydrogen) atoms. The first-order valence-electron chi connectivity index (χ1n) is 6.21. The van der Waals surface area contributed by atoms with Gasteiger partial charge in [-0.3, -0.25) is 4.55 Å². The van der Waals surface area contributed by atoms with Crippen LogP contribution in [0.15, 0.2) is 34.1 Å². The van der Waals surface area contributed by atoms with E-state index in [0.29, 0.717) is 11.1 Å². The van der Waals surface area contributed by atoms with Crippen LogP contribution in [0.5, 0.6) is 5.75 Å². The molecule has 0 aliphatic carbocycles. The summed E-state index contributed by atoms with van der Waals surface area (Å²) < 4.78 is 71.0. The summed E-state index contributed by atoms with van der Waals surface area (Å²) in [4.78, 5) is 0.586. The van der Waals surface area contributed by atoms with Crippen LogP contribution < -0.4 is 39.2 Å². The third-order valence-electron chi connectivity index (χ3n) is 3.23. The maximum absolute atomic E-state index is 11.4. The summed E-state index contributed by atoms with van der Waals surface area (Å²) in [7, 11) is -4.71. The molecule has 0 heterocycles. The zero-order valence-corrected chi connectivity index (χ0v) is 17.1. The van der Waals surface area contributed by atoms with E-state index in [4.69, 9.17) is 4.74 Å². The van der Waals surface area contributed by atoms with Crippen molar-refractivity contribution < 1.29 is 60.2 Å². The van der Waals surface area contributed by atoms with Crippen LogP contribution in [0.3, 0.4) is 0 Å². The predicted molar refractivity (Wildman–Crippen MR) is 82.6 cm³/mol. The Labute approximate surface area is 162 Å². The first-order chi connectivity index (χ1) is 10.4. The van der Waals surface area contributed by atoms with Gasteiger partial charge in [-0.05, 0) is 23.6 Å². The van der Waals surface area contributed by atoms with Gasteiger partial charge in [0.15, 0.2) is 0 Å². The average Bonchev–Trinajstić information content (AvgIpc) is 2.42. The molecule has 2 rings (SSSR count). The van der Waals surface area contributed by atoms with Gasteiger partial charge < -0.3 is 14.2 Å². The van der Waals surface area contributed by atoms with Crippen LogP contribution in [0.2, 0.25) is 0 Å². The van der Waals surface area contributed by atoms with Crippen molar-refractivity contribution in [3.05, 3.63) is 24.3 Å². The molecule has 0 amide bonds. The molecule has 1 N–H and O–H groups in total. The second kappa shape index (κ2) is 7.16. The quantitative estimate of drug-likeness (QED) is 0.478. The van der Waals surface area contributed by atoms with E-state index in [1.54, 1.807) is 19.0 Å². The van der Waals surface area contributed by atoms with Crippen molar-refractivity contribution >= 4 is 36.7 Å². The molecule has 0 aliphatic rings.